The average molecular weight is 488 g/mol. The van der Waals surface area contributed by atoms with Crippen LogP contribution in [0.2, 0.25) is 0 Å². The molecule has 0 fully saturated rings. The molecule has 0 unspecified atom stereocenters. The molecule has 2 aromatic heterocycles. The second kappa shape index (κ2) is 9.97. The fraction of sp³-hybridized carbons (Fsp3) is 0.208. The molecule has 34 heavy (non-hydrogen) atoms. The highest BCUT2D eigenvalue weighted by molar-refractivity contribution is 7.16. The molecule has 0 spiro atoms. The van der Waals surface area contributed by atoms with Crippen LogP contribution in [0.3, 0.4) is 0 Å². The Morgan fingerprint density at radius 2 is 1.97 bits per heavy atom. The average Bonchev–Trinajstić information content (AvgIpc) is 3.36. The summed E-state index contributed by atoms with van der Waals surface area (Å²) in [5.41, 5.74) is -0.0585. The number of thiophene rings is 1. The van der Waals surface area contributed by atoms with Gasteiger partial charge in [0.05, 0.1) is 17.7 Å². The summed E-state index contributed by atoms with van der Waals surface area (Å²) in [5.74, 6) is -1.11. The van der Waals surface area contributed by atoms with E-state index in [1.165, 1.54) is 41.7 Å². The van der Waals surface area contributed by atoms with Crippen LogP contribution in [-0.2, 0) is 15.7 Å². The van der Waals surface area contributed by atoms with Gasteiger partial charge in [-0.25, -0.2) is 4.79 Å². The number of nitrogens with one attached hydrogen (secondary N) is 1. The van der Waals surface area contributed by atoms with Crippen molar-refractivity contribution in [1.29, 1.82) is 5.26 Å². The van der Waals surface area contributed by atoms with E-state index in [0.717, 1.165) is 17.0 Å². The van der Waals surface area contributed by atoms with Gasteiger partial charge in [0.15, 0.2) is 0 Å². The van der Waals surface area contributed by atoms with Crippen LogP contribution >= 0.6 is 11.3 Å². The summed E-state index contributed by atoms with van der Waals surface area (Å²) in [6, 6.07) is 9.26. The van der Waals surface area contributed by atoms with Crippen LogP contribution in [0.25, 0.3) is 17.4 Å². The van der Waals surface area contributed by atoms with Crippen LogP contribution in [0.1, 0.15) is 39.0 Å². The highest BCUT2D eigenvalue weighted by Crippen LogP contribution is 2.34. The fourth-order valence-electron chi connectivity index (χ4n) is 3.06. The van der Waals surface area contributed by atoms with Crippen molar-refractivity contribution in [2.24, 2.45) is 0 Å². The van der Waals surface area contributed by atoms with Gasteiger partial charge in [-0.3, -0.25) is 4.79 Å². The number of hydrogen-bond acceptors (Lipinski definition) is 6. The maximum atomic E-state index is 13.0. The minimum atomic E-state index is -4.50. The quantitative estimate of drug-likeness (QED) is 0.247. The molecule has 1 aromatic carbocycles. The molecule has 0 radical (unpaired) electrons. The molecule has 0 saturated heterocycles. The zero-order valence-electron chi connectivity index (χ0n) is 18.4. The number of hydrogen-bond donors (Lipinski definition) is 1. The minimum Gasteiger partial charge on any atom is -0.462 e. The largest absolute Gasteiger partial charge is 0.462 e. The van der Waals surface area contributed by atoms with Crippen LogP contribution in [0.4, 0.5) is 18.2 Å². The Bertz CT molecular complexity index is 1310. The molecule has 1 amide bonds. The topological polar surface area (TPSA) is 92.3 Å². The number of esters is 1. The Kier molecular flexibility index (Phi) is 7.27. The molecule has 1 N–H and O–H groups in total. The summed E-state index contributed by atoms with van der Waals surface area (Å²) in [5, 5.41) is 12.3. The highest BCUT2D eigenvalue weighted by atomic mass is 32.1. The molecule has 0 aliphatic carbocycles. The standard InChI is InChI=1S/C24H19F3N2O4S/c1-4-32-23(31)20-13(2)14(3)34-22(20)29-21(30)16(12-28)11-18-8-9-19(33-18)15-6-5-7-17(10-15)24(25,26)27/h5-11H,4H2,1-3H3,(H,29,30)/b16-11-. The summed E-state index contributed by atoms with van der Waals surface area (Å²) >= 11 is 1.18. The monoisotopic (exact) mass is 488 g/mol. The maximum absolute atomic E-state index is 13.0. The first-order valence-corrected chi connectivity index (χ1v) is 10.8. The zero-order valence-corrected chi connectivity index (χ0v) is 19.2. The summed E-state index contributed by atoms with van der Waals surface area (Å²) in [7, 11) is 0. The molecular weight excluding hydrogens is 469 g/mol. The number of rotatable bonds is 6. The Morgan fingerprint density at radius 3 is 2.62 bits per heavy atom. The number of carbonyl (C=O) groups excluding carboxylic acids is 2. The van der Waals surface area contributed by atoms with E-state index in [4.69, 9.17) is 9.15 Å². The van der Waals surface area contributed by atoms with Gasteiger partial charge in [0, 0.05) is 16.5 Å². The van der Waals surface area contributed by atoms with Gasteiger partial charge in [-0.1, -0.05) is 12.1 Å². The van der Waals surface area contributed by atoms with Crippen LogP contribution in [-0.4, -0.2) is 18.5 Å². The third-order valence-corrected chi connectivity index (χ3v) is 5.97. The van der Waals surface area contributed by atoms with Crippen molar-refractivity contribution in [2.75, 3.05) is 11.9 Å². The van der Waals surface area contributed by atoms with E-state index < -0.39 is 23.6 Å². The van der Waals surface area contributed by atoms with Gasteiger partial charge in [0.25, 0.3) is 5.91 Å². The smallest absolute Gasteiger partial charge is 0.416 e. The number of carbonyl (C=O) groups is 2. The molecule has 2 heterocycles. The van der Waals surface area contributed by atoms with Gasteiger partial charge in [0.1, 0.15) is 28.2 Å². The van der Waals surface area contributed by atoms with E-state index in [0.29, 0.717) is 5.56 Å². The first-order valence-electron chi connectivity index (χ1n) is 10.0. The predicted molar refractivity (Wildman–Crippen MR) is 121 cm³/mol. The number of aryl methyl sites for hydroxylation is 1. The number of furan rings is 1. The van der Waals surface area contributed by atoms with E-state index >= 15 is 0 Å². The van der Waals surface area contributed by atoms with Crippen molar-refractivity contribution in [3.63, 3.8) is 0 Å². The molecule has 6 nitrogen and oxygen atoms in total. The van der Waals surface area contributed by atoms with Crippen molar-refractivity contribution in [2.45, 2.75) is 26.9 Å². The van der Waals surface area contributed by atoms with Gasteiger partial charge < -0.3 is 14.5 Å². The summed E-state index contributed by atoms with van der Waals surface area (Å²) < 4.78 is 49.5. The third-order valence-electron chi connectivity index (χ3n) is 4.84. The van der Waals surface area contributed by atoms with Crippen molar-refractivity contribution in [3.05, 3.63) is 69.3 Å². The SMILES string of the molecule is CCOC(=O)c1c(NC(=O)/C(C#N)=C\c2ccc(-c3cccc(C(F)(F)F)c3)o2)sc(C)c1C. The normalized spacial score (nSPS) is 11.7. The number of nitrogens with zero attached hydrogens (tertiary/aromatic N) is 1. The van der Waals surface area contributed by atoms with Crippen LogP contribution in [0.15, 0.2) is 46.4 Å². The minimum absolute atomic E-state index is 0.100. The van der Waals surface area contributed by atoms with Crippen molar-refractivity contribution >= 4 is 34.3 Å². The number of halogens is 3. The second-order valence-corrected chi connectivity index (χ2v) is 8.34. The molecule has 0 saturated carbocycles. The molecular formula is C24H19F3N2O4S. The van der Waals surface area contributed by atoms with Crippen molar-refractivity contribution < 1.29 is 31.9 Å². The summed E-state index contributed by atoms with van der Waals surface area (Å²) in [4.78, 5) is 25.8. The van der Waals surface area contributed by atoms with Gasteiger partial charge >= 0.3 is 12.1 Å². The Morgan fingerprint density at radius 1 is 1.24 bits per heavy atom. The molecule has 0 aliphatic heterocycles. The first kappa shape index (κ1) is 24.8. The molecule has 0 aliphatic rings. The fourth-order valence-corrected chi connectivity index (χ4v) is 4.10. The Hall–Kier alpha value is -3.84. The highest BCUT2D eigenvalue weighted by Gasteiger charge is 2.30. The number of amides is 1. The van der Waals surface area contributed by atoms with Crippen LogP contribution in [0, 0.1) is 25.2 Å². The lowest BCUT2D eigenvalue weighted by Gasteiger charge is -2.07. The lowest BCUT2D eigenvalue weighted by Crippen LogP contribution is -2.16. The van der Waals surface area contributed by atoms with E-state index in [1.54, 1.807) is 26.8 Å². The number of nitriles is 1. The number of anilines is 1. The van der Waals surface area contributed by atoms with Crippen molar-refractivity contribution in [3.8, 4) is 17.4 Å². The van der Waals surface area contributed by atoms with E-state index in [9.17, 15) is 28.0 Å². The van der Waals surface area contributed by atoms with Gasteiger partial charge in [-0.2, -0.15) is 18.4 Å². The molecule has 3 aromatic rings. The second-order valence-electron chi connectivity index (χ2n) is 7.11. The lowest BCUT2D eigenvalue weighted by molar-refractivity contribution is -0.137. The molecule has 176 valence electrons. The number of benzene rings is 1. The molecule has 10 heteroatoms. The van der Waals surface area contributed by atoms with Crippen molar-refractivity contribution in [1.82, 2.24) is 0 Å². The Balaban J connectivity index is 1.86. The lowest BCUT2D eigenvalue weighted by atomic mass is 10.1. The van der Waals surface area contributed by atoms with Gasteiger partial charge in [0.2, 0.25) is 0 Å². The summed E-state index contributed by atoms with van der Waals surface area (Å²) in [6.07, 6.45) is -3.33. The summed E-state index contributed by atoms with van der Waals surface area (Å²) in [6.45, 7) is 5.35. The first-order chi connectivity index (χ1) is 16.0. The third kappa shape index (κ3) is 5.38. The van der Waals surface area contributed by atoms with E-state index in [2.05, 4.69) is 5.32 Å². The Labute approximate surface area is 197 Å². The molecule has 0 atom stereocenters. The molecule has 0 bridgehead atoms. The number of alkyl halides is 3. The maximum Gasteiger partial charge on any atom is 0.416 e. The van der Waals surface area contributed by atoms with Crippen LogP contribution in [0.5, 0.6) is 0 Å². The zero-order chi connectivity index (χ0) is 25.0. The number of ether oxygens (including phenoxy) is 1. The van der Waals surface area contributed by atoms with Gasteiger partial charge in [-0.05, 0) is 50.6 Å². The molecule has 3 rings (SSSR count). The van der Waals surface area contributed by atoms with E-state index in [-0.39, 0.29) is 39.8 Å². The van der Waals surface area contributed by atoms with Gasteiger partial charge in [-0.15, -0.1) is 11.3 Å². The predicted octanol–water partition coefficient (Wildman–Crippen LogP) is 6.37. The van der Waals surface area contributed by atoms with Crippen LogP contribution < -0.4 is 5.32 Å². The van der Waals surface area contributed by atoms with E-state index in [1.807, 2.05) is 0 Å².